The van der Waals surface area contributed by atoms with Gasteiger partial charge in [-0.1, -0.05) is 33.1 Å². The molecule has 0 bridgehead atoms. The number of rotatable bonds is 8. The van der Waals surface area contributed by atoms with Gasteiger partial charge in [0.1, 0.15) is 6.10 Å². The van der Waals surface area contributed by atoms with E-state index in [0.29, 0.717) is 6.42 Å². The van der Waals surface area contributed by atoms with E-state index in [1.807, 2.05) is 0 Å². The standard InChI is InChI=1S/C13H21F3O2/c1-3-5-6-7-8-11(18-12(17)4-2)9-10-13(14,15)16/h9-11H,3-8H2,1-2H3/b10-9+. The molecule has 0 aliphatic heterocycles. The summed E-state index contributed by atoms with van der Waals surface area (Å²) in [4.78, 5) is 11.1. The molecule has 0 aromatic heterocycles. The summed E-state index contributed by atoms with van der Waals surface area (Å²) < 4.78 is 41.1. The molecule has 106 valence electrons. The minimum absolute atomic E-state index is 0.139. The van der Waals surface area contributed by atoms with Crippen molar-refractivity contribution in [3.63, 3.8) is 0 Å². The molecular formula is C13H21F3O2. The van der Waals surface area contributed by atoms with E-state index in [2.05, 4.69) is 6.92 Å². The van der Waals surface area contributed by atoms with E-state index in [1.165, 1.54) is 0 Å². The number of unbranched alkanes of at least 4 members (excludes halogenated alkanes) is 3. The van der Waals surface area contributed by atoms with E-state index >= 15 is 0 Å². The molecule has 5 heteroatoms. The number of allylic oxidation sites excluding steroid dienone is 1. The molecule has 0 aliphatic carbocycles. The van der Waals surface area contributed by atoms with Crippen molar-refractivity contribution >= 4 is 5.97 Å². The first-order chi connectivity index (χ1) is 8.39. The highest BCUT2D eigenvalue weighted by Gasteiger charge is 2.23. The van der Waals surface area contributed by atoms with Gasteiger partial charge in [-0.2, -0.15) is 13.2 Å². The van der Waals surface area contributed by atoms with Gasteiger partial charge >= 0.3 is 12.1 Å². The number of hydrogen-bond acceptors (Lipinski definition) is 2. The molecule has 0 rings (SSSR count). The Morgan fingerprint density at radius 1 is 1.22 bits per heavy atom. The zero-order valence-electron chi connectivity index (χ0n) is 10.9. The number of carbonyl (C=O) groups is 1. The third-order valence-corrected chi connectivity index (χ3v) is 2.41. The Bertz CT molecular complexity index is 259. The van der Waals surface area contributed by atoms with Crippen molar-refractivity contribution in [1.82, 2.24) is 0 Å². The smallest absolute Gasteiger partial charge is 0.409 e. The van der Waals surface area contributed by atoms with Gasteiger partial charge in [-0.05, 0) is 18.9 Å². The summed E-state index contributed by atoms with van der Waals surface area (Å²) in [7, 11) is 0. The lowest BCUT2D eigenvalue weighted by molar-refractivity contribution is -0.147. The van der Waals surface area contributed by atoms with Crippen LogP contribution in [0.3, 0.4) is 0 Å². The summed E-state index contributed by atoms with van der Waals surface area (Å²) in [6.45, 7) is 3.67. The third-order valence-electron chi connectivity index (χ3n) is 2.41. The fraction of sp³-hybridized carbons (Fsp3) is 0.769. The second-order valence-corrected chi connectivity index (χ2v) is 4.13. The second-order valence-electron chi connectivity index (χ2n) is 4.13. The van der Waals surface area contributed by atoms with Crippen molar-refractivity contribution in [2.24, 2.45) is 0 Å². The molecule has 0 aromatic carbocycles. The normalized spacial score (nSPS) is 13.8. The lowest BCUT2D eigenvalue weighted by atomic mass is 10.1. The number of alkyl halides is 3. The van der Waals surface area contributed by atoms with Gasteiger partial charge in [-0.15, -0.1) is 0 Å². The summed E-state index contributed by atoms with van der Waals surface area (Å²) in [6.07, 6.45) is 0.351. The minimum Gasteiger partial charge on any atom is -0.458 e. The van der Waals surface area contributed by atoms with Crippen LogP contribution in [0.25, 0.3) is 0 Å². The lowest BCUT2D eigenvalue weighted by Gasteiger charge is -2.14. The number of carbonyl (C=O) groups excluding carboxylic acids is 1. The molecule has 0 saturated heterocycles. The number of hydrogen-bond donors (Lipinski definition) is 0. The van der Waals surface area contributed by atoms with Crippen LogP contribution in [0.1, 0.15) is 52.4 Å². The fourth-order valence-electron chi connectivity index (χ4n) is 1.44. The zero-order chi connectivity index (χ0) is 14.0. The van der Waals surface area contributed by atoms with Gasteiger partial charge in [0.05, 0.1) is 0 Å². The summed E-state index contributed by atoms with van der Waals surface area (Å²) >= 11 is 0. The highest BCUT2D eigenvalue weighted by molar-refractivity contribution is 5.69. The maximum absolute atomic E-state index is 12.1. The zero-order valence-corrected chi connectivity index (χ0v) is 10.9. The topological polar surface area (TPSA) is 26.3 Å². The third kappa shape index (κ3) is 10.2. The second kappa shape index (κ2) is 9.00. The molecular weight excluding hydrogens is 245 g/mol. The van der Waals surface area contributed by atoms with Gasteiger partial charge in [-0.25, -0.2) is 0 Å². The van der Waals surface area contributed by atoms with Crippen LogP contribution in [0, 0.1) is 0 Å². The van der Waals surface area contributed by atoms with E-state index in [-0.39, 0.29) is 12.5 Å². The Hall–Kier alpha value is -1.00. The predicted octanol–water partition coefficient (Wildman–Crippen LogP) is 4.40. The molecule has 0 fully saturated rings. The van der Waals surface area contributed by atoms with Crippen LogP contribution < -0.4 is 0 Å². The van der Waals surface area contributed by atoms with Crippen molar-refractivity contribution in [3.05, 3.63) is 12.2 Å². The molecule has 0 N–H and O–H groups in total. The largest absolute Gasteiger partial charge is 0.458 e. The predicted molar refractivity (Wildman–Crippen MR) is 64.1 cm³/mol. The Kier molecular flexibility index (Phi) is 8.50. The molecule has 2 nitrogen and oxygen atoms in total. The van der Waals surface area contributed by atoms with Crippen LogP contribution in [-0.4, -0.2) is 18.2 Å². The summed E-state index contributed by atoms with van der Waals surface area (Å²) in [5, 5.41) is 0. The number of ether oxygens (including phenoxy) is 1. The van der Waals surface area contributed by atoms with Crippen LogP contribution in [-0.2, 0) is 9.53 Å². The van der Waals surface area contributed by atoms with Crippen LogP contribution in [0.5, 0.6) is 0 Å². The highest BCUT2D eigenvalue weighted by atomic mass is 19.4. The van der Waals surface area contributed by atoms with Crippen molar-refractivity contribution in [1.29, 1.82) is 0 Å². The van der Waals surface area contributed by atoms with Crippen LogP contribution >= 0.6 is 0 Å². The molecule has 0 amide bonds. The Morgan fingerprint density at radius 3 is 2.39 bits per heavy atom. The van der Waals surface area contributed by atoms with E-state index in [1.54, 1.807) is 6.92 Å². The molecule has 0 saturated carbocycles. The van der Waals surface area contributed by atoms with E-state index in [4.69, 9.17) is 4.74 Å². The molecule has 0 aromatic rings. The Morgan fingerprint density at radius 2 is 1.89 bits per heavy atom. The molecule has 18 heavy (non-hydrogen) atoms. The summed E-state index contributed by atoms with van der Waals surface area (Å²) in [6, 6.07) is 0. The van der Waals surface area contributed by atoms with Gasteiger partial charge in [0.15, 0.2) is 0 Å². The van der Waals surface area contributed by atoms with E-state index in [0.717, 1.165) is 31.8 Å². The summed E-state index contributed by atoms with van der Waals surface area (Å²) in [5.74, 6) is -0.470. The molecule has 1 unspecified atom stereocenters. The first-order valence-corrected chi connectivity index (χ1v) is 6.34. The van der Waals surface area contributed by atoms with Gasteiger partial charge in [-0.3, -0.25) is 4.79 Å². The molecule has 0 aliphatic rings. The molecule has 1 atom stereocenters. The average molecular weight is 266 g/mol. The van der Waals surface area contributed by atoms with Crippen LogP contribution in [0.4, 0.5) is 13.2 Å². The lowest BCUT2D eigenvalue weighted by Crippen LogP contribution is -2.16. The van der Waals surface area contributed by atoms with Crippen molar-refractivity contribution in [2.45, 2.75) is 64.7 Å². The van der Waals surface area contributed by atoms with Crippen molar-refractivity contribution in [3.8, 4) is 0 Å². The van der Waals surface area contributed by atoms with Gasteiger partial charge in [0, 0.05) is 12.5 Å². The van der Waals surface area contributed by atoms with Crippen LogP contribution in [0.15, 0.2) is 12.2 Å². The number of halogens is 3. The molecule has 0 heterocycles. The first-order valence-electron chi connectivity index (χ1n) is 6.34. The fourth-order valence-corrected chi connectivity index (χ4v) is 1.44. The first kappa shape index (κ1) is 17.0. The Labute approximate surface area is 106 Å². The van der Waals surface area contributed by atoms with Crippen LogP contribution in [0.2, 0.25) is 0 Å². The molecule has 0 spiro atoms. The maximum atomic E-state index is 12.1. The summed E-state index contributed by atoms with van der Waals surface area (Å²) in [5.41, 5.74) is 0. The monoisotopic (exact) mass is 266 g/mol. The SMILES string of the molecule is CCCCCCC(/C=C/C(F)(F)F)OC(=O)CC. The van der Waals surface area contributed by atoms with E-state index < -0.39 is 18.2 Å². The number of esters is 1. The average Bonchev–Trinajstić information content (AvgIpc) is 2.29. The van der Waals surface area contributed by atoms with E-state index in [9.17, 15) is 18.0 Å². The van der Waals surface area contributed by atoms with Crippen molar-refractivity contribution < 1.29 is 22.7 Å². The minimum atomic E-state index is -4.36. The Balaban J connectivity index is 4.24. The highest BCUT2D eigenvalue weighted by Crippen LogP contribution is 2.18. The van der Waals surface area contributed by atoms with Gasteiger partial charge < -0.3 is 4.74 Å². The molecule has 0 radical (unpaired) electrons. The van der Waals surface area contributed by atoms with Gasteiger partial charge in [0.25, 0.3) is 0 Å². The quantitative estimate of drug-likeness (QED) is 0.370. The van der Waals surface area contributed by atoms with Crippen molar-refractivity contribution in [2.75, 3.05) is 0 Å². The van der Waals surface area contributed by atoms with Gasteiger partial charge in [0.2, 0.25) is 0 Å². The maximum Gasteiger partial charge on any atom is 0.409 e.